The van der Waals surface area contributed by atoms with Crippen LogP contribution in [0.3, 0.4) is 0 Å². The topological polar surface area (TPSA) is 174 Å². The summed E-state index contributed by atoms with van der Waals surface area (Å²) in [5, 5.41) is 4.75. The van der Waals surface area contributed by atoms with Gasteiger partial charge in [-0.3, -0.25) is 9.59 Å². The lowest BCUT2D eigenvalue weighted by atomic mass is 10.1. The van der Waals surface area contributed by atoms with Crippen LogP contribution in [0.2, 0.25) is 5.02 Å². The van der Waals surface area contributed by atoms with Crippen LogP contribution in [0.5, 0.6) is 11.5 Å². The molecular formula is C38H41ClN6O8S. The molecule has 3 heterocycles. The molecule has 2 aliphatic heterocycles. The van der Waals surface area contributed by atoms with Gasteiger partial charge < -0.3 is 29.8 Å². The first-order valence-electron chi connectivity index (χ1n) is 17.4. The molecule has 2 aliphatic rings. The molecule has 1 atom stereocenters. The fourth-order valence-corrected chi connectivity index (χ4v) is 8.88. The fourth-order valence-electron chi connectivity index (χ4n) is 6.84. The summed E-state index contributed by atoms with van der Waals surface area (Å²) in [6.45, 7) is 6.18. The second-order valence-corrected chi connectivity index (χ2v) is 15.4. The molecule has 3 aromatic carbocycles. The highest BCUT2D eigenvalue weighted by atomic mass is 35.5. The van der Waals surface area contributed by atoms with E-state index in [-0.39, 0.29) is 72.6 Å². The Kier molecular flexibility index (Phi) is 11.4. The van der Waals surface area contributed by atoms with Gasteiger partial charge >= 0.3 is 5.97 Å². The molecule has 2 fully saturated rings. The highest BCUT2D eigenvalue weighted by Crippen LogP contribution is 2.39. The number of carbonyl (C=O) groups is 3. The summed E-state index contributed by atoms with van der Waals surface area (Å²) in [5.74, 6) is -0.609. The maximum atomic E-state index is 14.3. The lowest BCUT2D eigenvalue weighted by molar-refractivity contribution is -0.141. The Labute approximate surface area is 318 Å². The van der Waals surface area contributed by atoms with Gasteiger partial charge in [0.25, 0.3) is 5.91 Å². The van der Waals surface area contributed by atoms with Gasteiger partial charge in [-0.1, -0.05) is 41.0 Å². The maximum Gasteiger partial charge on any atom is 0.332 e. The number of carbonyl (C=O) groups excluding carboxylic acids is 3. The van der Waals surface area contributed by atoms with Crippen molar-refractivity contribution in [3.05, 3.63) is 93.6 Å². The molecule has 16 heteroatoms. The van der Waals surface area contributed by atoms with E-state index < -0.39 is 22.0 Å². The van der Waals surface area contributed by atoms with E-state index in [1.807, 2.05) is 32.0 Å². The number of aryl methyl sites for hydroxylation is 2. The Morgan fingerprint density at radius 2 is 1.65 bits per heavy atom. The van der Waals surface area contributed by atoms with E-state index in [4.69, 9.17) is 26.8 Å². The molecule has 0 aliphatic carbocycles. The van der Waals surface area contributed by atoms with Crippen molar-refractivity contribution in [3.63, 3.8) is 0 Å². The first-order valence-corrected chi connectivity index (χ1v) is 19.2. The number of halogens is 1. The van der Waals surface area contributed by atoms with Crippen LogP contribution >= 0.6 is 11.6 Å². The molecule has 0 spiro atoms. The minimum atomic E-state index is -4.23. The molecule has 284 valence electrons. The van der Waals surface area contributed by atoms with Crippen molar-refractivity contribution in [2.75, 3.05) is 39.8 Å². The third-order valence-electron chi connectivity index (χ3n) is 9.53. The number of nitrogens with two attached hydrogens (primary N) is 1. The van der Waals surface area contributed by atoms with Gasteiger partial charge in [-0.05, 0) is 68.7 Å². The van der Waals surface area contributed by atoms with Gasteiger partial charge in [0, 0.05) is 61.9 Å². The van der Waals surface area contributed by atoms with Crippen LogP contribution in [0, 0.1) is 13.8 Å². The van der Waals surface area contributed by atoms with E-state index in [1.165, 1.54) is 30.5 Å². The highest BCUT2D eigenvalue weighted by Gasteiger charge is 2.43. The van der Waals surface area contributed by atoms with Crippen molar-refractivity contribution in [2.45, 2.75) is 51.2 Å². The molecule has 0 unspecified atom stereocenters. The standard InChI is InChI=1S/C38H41ClN6O8S/c1-23-21-24(2)41-34-28(23)7-5-9-32(34)52-22-29-30(39)14-15-33(35(29)51-4)54(49,50)45-16-6-8-31(45)38(48)44-19-17-43(18-20-44)37(47)27-12-10-26(11-13-27)36(40)42-53-25(3)46/h5,7,9-15,21,31H,6,8,16-20,22H2,1-4H3,(H2,40,42)/t31-/m0/s1. The number of rotatable bonds is 10. The van der Waals surface area contributed by atoms with Crippen LogP contribution in [0.25, 0.3) is 10.9 Å². The van der Waals surface area contributed by atoms with Gasteiger partial charge in [0.05, 0.1) is 17.7 Å². The molecule has 54 heavy (non-hydrogen) atoms. The number of hydrogen-bond acceptors (Lipinski definition) is 10. The van der Waals surface area contributed by atoms with Crippen molar-refractivity contribution in [2.24, 2.45) is 10.9 Å². The minimum absolute atomic E-state index is 0.0111. The van der Waals surface area contributed by atoms with E-state index in [0.29, 0.717) is 40.8 Å². The number of oxime groups is 1. The molecule has 6 rings (SSSR count). The Morgan fingerprint density at radius 1 is 0.963 bits per heavy atom. The number of aromatic nitrogens is 1. The Balaban J connectivity index is 1.14. The quantitative estimate of drug-likeness (QED) is 0.105. The van der Waals surface area contributed by atoms with E-state index >= 15 is 0 Å². The van der Waals surface area contributed by atoms with Gasteiger partial charge in [0.2, 0.25) is 15.9 Å². The van der Waals surface area contributed by atoms with E-state index in [1.54, 1.807) is 40.1 Å². The molecule has 0 bridgehead atoms. The normalized spacial score (nSPS) is 16.8. The number of amidine groups is 1. The van der Waals surface area contributed by atoms with Gasteiger partial charge in [0.1, 0.15) is 34.6 Å². The van der Waals surface area contributed by atoms with Crippen molar-refractivity contribution in [1.29, 1.82) is 0 Å². The number of nitrogens with zero attached hydrogens (tertiary/aromatic N) is 5. The Bertz CT molecular complexity index is 2240. The van der Waals surface area contributed by atoms with Crippen LogP contribution in [0.4, 0.5) is 0 Å². The number of pyridine rings is 1. The SMILES string of the molecule is COc1c(S(=O)(=O)N2CCC[C@H]2C(=O)N2CCN(C(=O)c3ccc(C(N)=NOC(C)=O)cc3)CC2)ccc(Cl)c1COc1cccc2c(C)cc(C)nc12. The monoisotopic (exact) mass is 776 g/mol. The number of methoxy groups -OCH3 is 1. The Morgan fingerprint density at radius 3 is 2.33 bits per heavy atom. The minimum Gasteiger partial charge on any atom is -0.495 e. The highest BCUT2D eigenvalue weighted by molar-refractivity contribution is 7.89. The third-order valence-corrected chi connectivity index (χ3v) is 11.8. The summed E-state index contributed by atoms with van der Waals surface area (Å²) in [7, 11) is -2.86. The largest absolute Gasteiger partial charge is 0.495 e. The molecular weight excluding hydrogens is 736 g/mol. The summed E-state index contributed by atoms with van der Waals surface area (Å²) in [6.07, 6.45) is 0.852. The zero-order valence-electron chi connectivity index (χ0n) is 30.4. The van der Waals surface area contributed by atoms with Gasteiger partial charge in [-0.15, -0.1) is 0 Å². The lowest BCUT2D eigenvalue weighted by Gasteiger charge is -2.37. The Hall–Kier alpha value is -5.25. The molecule has 1 aromatic heterocycles. The summed E-state index contributed by atoms with van der Waals surface area (Å²) < 4.78 is 41.8. The predicted octanol–water partition coefficient (Wildman–Crippen LogP) is 4.41. The van der Waals surface area contributed by atoms with Gasteiger partial charge in [-0.25, -0.2) is 18.2 Å². The van der Waals surface area contributed by atoms with Crippen LogP contribution in [-0.2, 0) is 31.1 Å². The maximum absolute atomic E-state index is 14.3. The second kappa shape index (κ2) is 16.0. The first kappa shape index (κ1) is 38.5. The van der Waals surface area contributed by atoms with E-state index in [0.717, 1.165) is 16.6 Å². The predicted molar refractivity (Wildman–Crippen MR) is 202 cm³/mol. The molecule has 0 radical (unpaired) electrons. The zero-order valence-corrected chi connectivity index (χ0v) is 31.9. The van der Waals surface area contributed by atoms with Crippen LogP contribution in [0.1, 0.15) is 52.5 Å². The molecule has 2 amide bonds. The second-order valence-electron chi connectivity index (χ2n) is 13.1. The summed E-state index contributed by atoms with van der Waals surface area (Å²) >= 11 is 6.62. The molecule has 0 saturated carbocycles. The third kappa shape index (κ3) is 7.84. The first-order chi connectivity index (χ1) is 25.8. The zero-order chi connectivity index (χ0) is 38.7. The number of sulfonamides is 1. The molecule has 14 nitrogen and oxygen atoms in total. The summed E-state index contributed by atoms with van der Waals surface area (Å²) in [6, 6.07) is 16.0. The number of hydrogen-bond donors (Lipinski definition) is 1. The molecule has 2 N–H and O–H groups in total. The lowest BCUT2D eigenvalue weighted by Crippen LogP contribution is -2.55. The smallest absolute Gasteiger partial charge is 0.332 e. The average Bonchev–Trinajstić information content (AvgIpc) is 3.67. The van der Waals surface area contributed by atoms with Crippen LogP contribution in [-0.4, -0.2) is 97.0 Å². The van der Waals surface area contributed by atoms with E-state index in [9.17, 15) is 22.8 Å². The van der Waals surface area contributed by atoms with E-state index in [2.05, 4.69) is 15.0 Å². The summed E-state index contributed by atoms with van der Waals surface area (Å²) in [5.41, 5.74) is 9.64. The van der Waals surface area contributed by atoms with Crippen molar-refractivity contribution < 1.29 is 37.1 Å². The van der Waals surface area contributed by atoms with Gasteiger partial charge in [0.15, 0.2) is 5.84 Å². The number of ether oxygens (including phenoxy) is 2. The van der Waals surface area contributed by atoms with Crippen molar-refractivity contribution >= 4 is 56.1 Å². The summed E-state index contributed by atoms with van der Waals surface area (Å²) in [4.78, 5) is 50.5. The fraction of sp³-hybridized carbons (Fsp3) is 0.342. The number of benzene rings is 3. The number of amides is 2. The number of para-hydroxylation sites is 1. The number of piperazine rings is 1. The van der Waals surface area contributed by atoms with Crippen LogP contribution < -0.4 is 15.2 Å². The van der Waals surface area contributed by atoms with Crippen molar-refractivity contribution in [1.82, 2.24) is 19.1 Å². The van der Waals surface area contributed by atoms with Gasteiger partial charge in [-0.2, -0.15) is 4.31 Å². The van der Waals surface area contributed by atoms with Crippen molar-refractivity contribution in [3.8, 4) is 11.5 Å². The number of fused-ring (bicyclic) bond motifs is 1. The molecule has 2 saturated heterocycles. The average molecular weight is 777 g/mol. The molecule has 4 aromatic rings. The van der Waals surface area contributed by atoms with Crippen LogP contribution in [0.15, 0.2) is 70.7 Å².